The molecule has 0 aliphatic carbocycles. The molecule has 0 aromatic heterocycles. The molecule has 0 bridgehead atoms. The van der Waals surface area contributed by atoms with E-state index >= 15 is 0 Å². The predicted molar refractivity (Wildman–Crippen MR) is 85.3 cm³/mol. The summed E-state index contributed by atoms with van der Waals surface area (Å²) in [6.45, 7) is 0. The zero-order chi connectivity index (χ0) is 16.0. The molecule has 2 aliphatic heterocycles. The summed E-state index contributed by atoms with van der Waals surface area (Å²) in [5, 5.41) is 4.41. The number of carbonyl (C=O) groups excluding carboxylic acids is 2. The Morgan fingerprint density at radius 1 is 0.957 bits per heavy atom. The summed E-state index contributed by atoms with van der Waals surface area (Å²) in [7, 11) is 0. The van der Waals surface area contributed by atoms with E-state index in [-0.39, 0.29) is 5.91 Å². The summed E-state index contributed by atoms with van der Waals surface area (Å²) in [5.41, 5.74) is 1.54. The number of anilines is 1. The topological polar surface area (TPSA) is 59.0 Å². The van der Waals surface area contributed by atoms with Gasteiger partial charge in [0.25, 0.3) is 5.91 Å². The number of hydrogen-bond acceptors (Lipinski definition) is 4. The predicted octanol–water partition coefficient (Wildman–Crippen LogP) is 2.63. The monoisotopic (exact) mass is 326 g/mol. The van der Waals surface area contributed by atoms with Crippen LogP contribution in [0.3, 0.4) is 0 Å². The zero-order valence-electron chi connectivity index (χ0n) is 11.8. The zero-order valence-corrected chi connectivity index (χ0v) is 12.6. The van der Waals surface area contributed by atoms with E-state index in [1.54, 1.807) is 48.5 Å². The molecule has 0 N–H and O–H groups in total. The van der Waals surface area contributed by atoms with Gasteiger partial charge >= 0.3 is 0 Å². The summed E-state index contributed by atoms with van der Waals surface area (Å²) in [5.74, 6) is -1.51. The molecule has 2 unspecified atom stereocenters. The first kappa shape index (κ1) is 14.0. The summed E-state index contributed by atoms with van der Waals surface area (Å²) in [6, 6.07) is 15.8. The molecule has 2 heterocycles. The van der Waals surface area contributed by atoms with Gasteiger partial charge in [-0.2, -0.15) is 0 Å². The van der Waals surface area contributed by atoms with E-state index in [4.69, 9.17) is 16.4 Å². The third-order valence-corrected chi connectivity index (χ3v) is 4.31. The molecule has 2 aliphatic rings. The van der Waals surface area contributed by atoms with Crippen LogP contribution in [0.2, 0.25) is 5.02 Å². The van der Waals surface area contributed by atoms with Gasteiger partial charge in [-0.3, -0.25) is 9.59 Å². The van der Waals surface area contributed by atoms with E-state index in [1.165, 1.54) is 0 Å². The number of para-hydroxylation sites is 1. The number of fused-ring (bicyclic) bond motifs is 1. The van der Waals surface area contributed by atoms with Crippen molar-refractivity contribution < 1.29 is 14.4 Å². The highest BCUT2D eigenvalue weighted by molar-refractivity contribution is 6.38. The van der Waals surface area contributed by atoms with Crippen molar-refractivity contribution in [3.05, 3.63) is 65.2 Å². The number of hydrogen-bond donors (Lipinski definition) is 0. The highest BCUT2D eigenvalue weighted by Crippen LogP contribution is 2.36. The summed E-state index contributed by atoms with van der Waals surface area (Å²) in [6.07, 6.45) is -0.922. The first-order valence-electron chi connectivity index (χ1n) is 7.10. The number of halogens is 1. The summed E-state index contributed by atoms with van der Waals surface area (Å²) in [4.78, 5) is 31.7. The highest BCUT2D eigenvalue weighted by Gasteiger charge is 2.56. The third kappa shape index (κ3) is 2.04. The van der Waals surface area contributed by atoms with Crippen LogP contribution in [0.25, 0.3) is 0 Å². The molecule has 23 heavy (non-hydrogen) atoms. The molecular formula is C17H11ClN2O3. The van der Waals surface area contributed by atoms with Crippen molar-refractivity contribution >= 4 is 34.8 Å². The molecule has 0 spiro atoms. The molecule has 2 atom stereocenters. The second-order valence-corrected chi connectivity index (χ2v) is 5.71. The lowest BCUT2D eigenvalue weighted by Crippen LogP contribution is -2.33. The average Bonchev–Trinajstić information content (AvgIpc) is 3.10. The van der Waals surface area contributed by atoms with Crippen LogP contribution >= 0.6 is 11.6 Å². The largest absolute Gasteiger partial charge is 0.381 e. The van der Waals surface area contributed by atoms with Gasteiger partial charge in [0, 0.05) is 10.6 Å². The smallest absolute Gasteiger partial charge is 0.278 e. The van der Waals surface area contributed by atoms with E-state index < -0.39 is 17.9 Å². The molecule has 114 valence electrons. The molecule has 5 nitrogen and oxygen atoms in total. The molecule has 2 aromatic carbocycles. The number of benzene rings is 2. The van der Waals surface area contributed by atoms with Crippen molar-refractivity contribution in [1.82, 2.24) is 0 Å². The van der Waals surface area contributed by atoms with Gasteiger partial charge in [-0.1, -0.05) is 53.2 Å². The second-order valence-electron chi connectivity index (χ2n) is 5.31. The molecule has 0 saturated carbocycles. The SMILES string of the molecule is O=C1C2ON=C(c3ccccc3Cl)C2C(=O)N1c1ccccc1. The molecule has 6 heteroatoms. The van der Waals surface area contributed by atoms with Crippen molar-refractivity contribution in [1.29, 1.82) is 0 Å². The van der Waals surface area contributed by atoms with Crippen molar-refractivity contribution in [2.75, 3.05) is 4.90 Å². The maximum absolute atomic E-state index is 12.8. The summed E-state index contributed by atoms with van der Waals surface area (Å²) < 4.78 is 0. The Balaban J connectivity index is 1.74. The van der Waals surface area contributed by atoms with Crippen molar-refractivity contribution in [2.45, 2.75) is 6.10 Å². The van der Waals surface area contributed by atoms with Gasteiger partial charge in [0.05, 0.1) is 5.69 Å². The first-order valence-corrected chi connectivity index (χ1v) is 7.48. The van der Waals surface area contributed by atoms with Crippen molar-refractivity contribution in [3.63, 3.8) is 0 Å². The minimum Gasteiger partial charge on any atom is -0.381 e. The highest BCUT2D eigenvalue weighted by atomic mass is 35.5. The molecule has 0 radical (unpaired) electrons. The number of carbonyl (C=O) groups is 2. The molecule has 1 fully saturated rings. The Morgan fingerprint density at radius 3 is 2.39 bits per heavy atom. The van der Waals surface area contributed by atoms with Crippen LogP contribution in [0, 0.1) is 5.92 Å². The van der Waals surface area contributed by atoms with Gasteiger partial charge in [0.15, 0.2) is 0 Å². The minimum atomic E-state index is -0.922. The number of oxime groups is 1. The Hall–Kier alpha value is -2.66. The Labute approximate surface area is 137 Å². The third-order valence-electron chi connectivity index (χ3n) is 3.98. The van der Waals surface area contributed by atoms with Crippen molar-refractivity contribution in [3.8, 4) is 0 Å². The molecule has 2 aromatic rings. The fraction of sp³-hybridized carbons (Fsp3) is 0.118. The molecule has 1 saturated heterocycles. The van der Waals surface area contributed by atoms with E-state index in [9.17, 15) is 9.59 Å². The quantitative estimate of drug-likeness (QED) is 0.797. The lowest BCUT2D eigenvalue weighted by atomic mass is 9.94. The van der Waals surface area contributed by atoms with Crippen LogP contribution in [0.4, 0.5) is 5.69 Å². The second kappa shape index (κ2) is 5.21. The lowest BCUT2D eigenvalue weighted by Gasteiger charge is -2.15. The van der Waals surface area contributed by atoms with Crippen LogP contribution in [0.1, 0.15) is 5.56 Å². The minimum absolute atomic E-state index is 0.345. The van der Waals surface area contributed by atoms with Crippen LogP contribution in [-0.2, 0) is 14.4 Å². The fourth-order valence-corrected chi connectivity index (χ4v) is 3.13. The van der Waals surface area contributed by atoms with Gasteiger partial charge in [0.2, 0.25) is 12.0 Å². The van der Waals surface area contributed by atoms with Crippen LogP contribution in [-0.4, -0.2) is 23.6 Å². The lowest BCUT2D eigenvalue weighted by molar-refractivity contribution is -0.126. The van der Waals surface area contributed by atoms with E-state index in [1.807, 2.05) is 6.07 Å². The number of imide groups is 1. The molecular weight excluding hydrogens is 316 g/mol. The Bertz CT molecular complexity index is 835. The van der Waals surface area contributed by atoms with Gasteiger partial charge in [-0.15, -0.1) is 0 Å². The first-order chi connectivity index (χ1) is 11.2. The van der Waals surface area contributed by atoms with E-state index in [2.05, 4.69) is 5.16 Å². The number of amides is 2. The van der Waals surface area contributed by atoms with Crippen molar-refractivity contribution in [2.24, 2.45) is 11.1 Å². The Morgan fingerprint density at radius 2 is 1.65 bits per heavy atom. The number of nitrogens with zero attached hydrogens (tertiary/aromatic N) is 2. The average molecular weight is 327 g/mol. The normalized spacial score (nSPS) is 22.8. The molecule has 4 rings (SSSR count). The van der Waals surface area contributed by atoms with E-state index in [0.29, 0.717) is 22.0 Å². The van der Waals surface area contributed by atoms with Gasteiger partial charge in [-0.05, 0) is 18.2 Å². The number of rotatable bonds is 2. The van der Waals surface area contributed by atoms with Crippen LogP contribution in [0.15, 0.2) is 59.8 Å². The maximum Gasteiger partial charge on any atom is 0.278 e. The fourth-order valence-electron chi connectivity index (χ4n) is 2.90. The van der Waals surface area contributed by atoms with Gasteiger partial charge in [-0.25, -0.2) is 4.90 Å². The van der Waals surface area contributed by atoms with Crippen LogP contribution in [0.5, 0.6) is 0 Å². The van der Waals surface area contributed by atoms with Gasteiger partial charge in [0.1, 0.15) is 11.6 Å². The molecule has 2 amide bonds. The van der Waals surface area contributed by atoms with Gasteiger partial charge < -0.3 is 4.84 Å². The Kier molecular flexibility index (Phi) is 3.16. The maximum atomic E-state index is 12.8. The van der Waals surface area contributed by atoms with E-state index in [0.717, 1.165) is 4.90 Å². The summed E-state index contributed by atoms with van der Waals surface area (Å²) >= 11 is 6.19. The van der Waals surface area contributed by atoms with Crippen LogP contribution < -0.4 is 4.90 Å². The standard InChI is InChI=1S/C17H11ClN2O3/c18-12-9-5-4-8-11(12)14-13-15(23-19-14)17(22)20(16(13)21)10-6-2-1-3-7-10/h1-9,13,15H.